The number of aliphatic hydroxyl groups excluding tert-OH is 2. The standard InChI is InChI=1S/C30H26Cl2FN3O5/c31-25-11-21(13-34-14-23(38)15-37)28(39-16-18-7-8-26-27(9-18)36-41-35-26)12-29(25)40-17-20-4-2-6-24(30(20)32)19-3-1-5-22(33)10-19/h1-12,23,34,37-38H,13-17H2. The number of rotatable bonds is 12. The van der Waals surface area contributed by atoms with Crippen LogP contribution in [0.1, 0.15) is 16.7 Å². The van der Waals surface area contributed by atoms with Crippen molar-refractivity contribution in [2.75, 3.05) is 13.2 Å². The van der Waals surface area contributed by atoms with Gasteiger partial charge in [0.1, 0.15) is 41.6 Å². The molecule has 0 aliphatic carbocycles. The van der Waals surface area contributed by atoms with Crippen LogP contribution in [0.15, 0.2) is 77.4 Å². The summed E-state index contributed by atoms with van der Waals surface area (Å²) in [5.41, 5.74) is 4.88. The molecule has 0 bridgehead atoms. The Labute approximate surface area is 245 Å². The van der Waals surface area contributed by atoms with Crippen LogP contribution in [-0.4, -0.2) is 39.8 Å². The maximum atomic E-state index is 13.8. The highest BCUT2D eigenvalue weighted by atomic mass is 35.5. The molecule has 8 nitrogen and oxygen atoms in total. The summed E-state index contributed by atoms with van der Waals surface area (Å²) in [6.07, 6.45) is -0.895. The maximum Gasteiger partial charge on any atom is 0.142 e. The van der Waals surface area contributed by atoms with E-state index in [4.69, 9.17) is 42.4 Å². The van der Waals surface area contributed by atoms with E-state index in [0.717, 1.165) is 11.1 Å². The minimum atomic E-state index is -0.895. The molecule has 212 valence electrons. The summed E-state index contributed by atoms with van der Waals surface area (Å²) in [6, 6.07) is 20.6. The van der Waals surface area contributed by atoms with E-state index in [0.29, 0.717) is 55.8 Å². The van der Waals surface area contributed by atoms with Crippen LogP contribution in [0.2, 0.25) is 10.0 Å². The second kappa shape index (κ2) is 13.3. The molecule has 11 heteroatoms. The predicted octanol–water partition coefficient (Wildman–Crippen LogP) is 5.94. The Bertz CT molecular complexity index is 1650. The molecular weight excluding hydrogens is 572 g/mol. The number of nitrogens with one attached hydrogen (secondary N) is 1. The first-order valence-corrected chi connectivity index (χ1v) is 13.5. The van der Waals surface area contributed by atoms with E-state index in [2.05, 4.69) is 15.6 Å². The average Bonchev–Trinajstić information content (AvgIpc) is 3.44. The lowest BCUT2D eigenvalue weighted by atomic mass is 10.0. The normalized spacial score (nSPS) is 12.0. The van der Waals surface area contributed by atoms with Gasteiger partial charge in [0.05, 0.1) is 22.8 Å². The first-order valence-electron chi connectivity index (χ1n) is 12.7. The Kier molecular flexibility index (Phi) is 9.33. The molecule has 0 saturated heterocycles. The number of fused-ring (bicyclic) bond motifs is 1. The lowest BCUT2D eigenvalue weighted by Crippen LogP contribution is -2.29. The largest absolute Gasteiger partial charge is 0.488 e. The number of aromatic nitrogens is 2. The van der Waals surface area contributed by atoms with Crippen LogP contribution < -0.4 is 14.8 Å². The van der Waals surface area contributed by atoms with Gasteiger partial charge in [0.2, 0.25) is 0 Å². The number of benzene rings is 4. The predicted molar refractivity (Wildman–Crippen MR) is 154 cm³/mol. The SMILES string of the molecule is OCC(O)CNCc1cc(Cl)c(OCc2cccc(-c3cccc(F)c3)c2Cl)cc1OCc1ccc2nonc2c1. The van der Waals surface area contributed by atoms with Gasteiger partial charge in [-0.1, -0.05) is 59.6 Å². The highest BCUT2D eigenvalue weighted by Gasteiger charge is 2.15. The molecule has 0 fully saturated rings. The molecule has 1 aromatic heterocycles. The Morgan fingerprint density at radius 3 is 2.51 bits per heavy atom. The molecule has 1 heterocycles. The molecule has 41 heavy (non-hydrogen) atoms. The Morgan fingerprint density at radius 2 is 1.68 bits per heavy atom. The second-order valence-corrected chi connectivity index (χ2v) is 10.1. The molecule has 0 aliphatic rings. The summed E-state index contributed by atoms with van der Waals surface area (Å²) >= 11 is 13.3. The van der Waals surface area contributed by atoms with Crippen LogP contribution >= 0.6 is 23.2 Å². The summed E-state index contributed by atoms with van der Waals surface area (Å²) in [5.74, 6) is 0.537. The van der Waals surface area contributed by atoms with Gasteiger partial charge in [0.15, 0.2) is 0 Å². The zero-order valence-electron chi connectivity index (χ0n) is 21.7. The fourth-order valence-corrected chi connectivity index (χ4v) is 4.73. The van der Waals surface area contributed by atoms with E-state index >= 15 is 0 Å². The van der Waals surface area contributed by atoms with Gasteiger partial charge in [0, 0.05) is 35.8 Å². The number of aliphatic hydroxyl groups is 2. The number of ether oxygens (including phenoxy) is 2. The third-order valence-electron chi connectivity index (χ3n) is 6.33. The molecule has 0 spiro atoms. The van der Waals surface area contributed by atoms with Crippen molar-refractivity contribution < 1.29 is 28.7 Å². The first kappa shape index (κ1) is 28.8. The number of nitrogens with zero attached hydrogens (tertiary/aromatic N) is 2. The monoisotopic (exact) mass is 597 g/mol. The topological polar surface area (TPSA) is 110 Å². The van der Waals surface area contributed by atoms with Gasteiger partial charge in [-0.25, -0.2) is 9.02 Å². The lowest BCUT2D eigenvalue weighted by Gasteiger charge is -2.17. The number of hydrogen-bond donors (Lipinski definition) is 3. The molecule has 5 rings (SSSR count). The third kappa shape index (κ3) is 7.13. The van der Waals surface area contributed by atoms with Gasteiger partial charge in [-0.05, 0) is 51.8 Å². The summed E-state index contributed by atoms with van der Waals surface area (Å²) in [7, 11) is 0. The van der Waals surface area contributed by atoms with Crippen LogP contribution in [0.25, 0.3) is 22.2 Å². The van der Waals surface area contributed by atoms with E-state index in [1.807, 2.05) is 30.3 Å². The molecule has 1 atom stereocenters. The molecule has 4 aromatic carbocycles. The van der Waals surface area contributed by atoms with Gasteiger partial charge in [-0.3, -0.25) is 0 Å². The fraction of sp³-hybridized carbons (Fsp3) is 0.200. The van der Waals surface area contributed by atoms with Crippen molar-refractivity contribution in [3.05, 3.63) is 105 Å². The van der Waals surface area contributed by atoms with Gasteiger partial charge >= 0.3 is 0 Å². The number of hydrogen-bond acceptors (Lipinski definition) is 8. The molecule has 3 N–H and O–H groups in total. The Balaban J connectivity index is 1.36. The third-order valence-corrected chi connectivity index (χ3v) is 7.07. The van der Waals surface area contributed by atoms with Crippen molar-refractivity contribution in [2.45, 2.75) is 25.9 Å². The van der Waals surface area contributed by atoms with Crippen LogP contribution in [0.5, 0.6) is 11.5 Å². The zero-order valence-corrected chi connectivity index (χ0v) is 23.2. The van der Waals surface area contributed by atoms with Crippen molar-refractivity contribution in [2.24, 2.45) is 0 Å². The summed E-state index contributed by atoms with van der Waals surface area (Å²) in [4.78, 5) is 0. The lowest BCUT2D eigenvalue weighted by molar-refractivity contribution is 0.0941. The molecule has 0 aliphatic heterocycles. The molecule has 1 unspecified atom stereocenters. The summed E-state index contributed by atoms with van der Waals surface area (Å²) in [5, 5.41) is 30.4. The van der Waals surface area contributed by atoms with Gasteiger partial charge in [-0.2, -0.15) is 0 Å². The molecular formula is C30H26Cl2FN3O5. The van der Waals surface area contributed by atoms with E-state index in [-0.39, 0.29) is 32.2 Å². The summed E-state index contributed by atoms with van der Waals surface area (Å²) < 4.78 is 30.8. The van der Waals surface area contributed by atoms with Crippen molar-refractivity contribution in [3.63, 3.8) is 0 Å². The minimum Gasteiger partial charge on any atom is -0.488 e. The molecule has 0 saturated carbocycles. The minimum absolute atomic E-state index is 0.108. The van der Waals surface area contributed by atoms with E-state index in [1.54, 1.807) is 30.3 Å². The zero-order chi connectivity index (χ0) is 28.8. The van der Waals surface area contributed by atoms with Crippen molar-refractivity contribution in [3.8, 4) is 22.6 Å². The highest BCUT2D eigenvalue weighted by molar-refractivity contribution is 6.34. The van der Waals surface area contributed by atoms with Gasteiger partial charge < -0.3 is 25.0 Å². The molecule has 5 aromatic rings. The Morgan fingerprint density at radius 1 is 0.878 bits per heavy atom. The molecule has 0 radical (unpaired) electrons. The summed E-state index contributed by atoms with van der Waals surface area (Å²) in [6.45, 7) is 0.475. The quantitative estimate of drug-likeness (QED) is 0.162. The fourth-order valence-electron chi connectivity index (χ4n) is 4.20. The van der Waals surface area contributed by atoms with Crippen molar-refractivity contribution in [1.29, 1.82) is 0 Å². The van der Waals surface area contributed by atoms with Crippen LogP contribution in [0.4, 0.5) is 4.39 Å². The van der Waals surface area contributed by atoms with Crippen molar-refractivity contribution in [1.82, 2.24) is 15.6 Å². The number of halogens is 3. The smallest absolute Gasteiger partial charge is 0.142 e. The van der Waals surface area contributed by atoms with E-state index in [9.17, 15) is 9.50 Å². The van der Waals surface area contributed by atoms with E-state index < -0.39 is 6.10 Å². The van der Waals surface area contributed by atoms with Crippen LogP contribution in [0.3, 0.4) is 0 Å². The van der Waals surface area contributed by atoms with Crippen LogP contribution in [-0.2, 0) is 19.8 Å². The maximum absolute atomic E-state index is 13.8. The van der Waals surface area contributed by atoms with Gasteiger partial charge in [-0.15, -0.1) is 0 Å². The average molecular weight is 598 g/mol. The highest BCUT2D eigenvalue weighted by Crippen LogP contribution is 2.36. The molecule has 0 amide bonds. The first-order chi connectivity index (χ1) is 19.9. The van der Waals surface area contributed by atoms with Crippen molar-refractivity contribution >= 4 is 34.2 Å². The van der Waals surface area contributed by atoms with E-state index in [1.165, 1.54) is 12.1 Å². The second-order valence-electron chi connectivity index (χ2n) is 9.31. The Hall–Kier alpha value is -3.73. The van der Waals surface area contributed by atoms with Crippen LogP contribution in [0, 0.1) is 5.82 Å². The van der Waals surface area contributed by atoms with Gasteiger partial charge in [0.25, 0.3) is 0 Å².